The molecule has 0 heterocycles. The number of carbonyl (C=O) groups is 1. The van der Waals surface area contributed by atoms with Crippen LogP contribution in [0.25, 0.3) is 0 Å². The summed E-state index contributed by atoms with van der Waals surface area (Å²) in [5.74, 6) is 0.219. The summed E-state index contributed by atoms with van der Waals surface area (Å²) in [5, 5.41) is 15.5. The fraction of sp³-hybridized carbons (Fsp3) is 0.750. The monoisotopic (exact) mass is 226 g/mol. The van der Waals surface area contributed by atoms with E-state index in [-0.39, 0.29) is 17.9 Å². The number of carbonyl (C=O) groups excluding carboxylic acids is 1. The first kappa shape index (κ1) is 13.2. The van der Waals surface area contributed by atoms with Gasteiger partial charge < -0.3 is 15.7 Å². The van der Waals surface area contributed by atoms with E-state index in [1.807, 2.05) is 0 Å². The lowest BCUT2D eigenvalue weighted by Crippen LogP contribution is -2.40. The highest BCUT2D eigenvalue weighted by atomic mass is 16.3. The van der Waals surface area contributed by atoms with Gasteiger partial charge in [0.05, 0.1) is 12.6 Å². The minimum atomic E-state index is -0.241. The number of hydrogen-bond acceptors (Lipinski definition) is 3. The van der Waals surface area contributed by atoms with E-state index in [1.54, 1.807) is 6.08 Å². The summed E-state index contributed by atoms with van der Waals surface area (Å²) in [6.07, 6.45) is 5.63. The highest BCUT2D eigenvalue weighted by molar-refractivity contribution is 5.77. The Morgan fingerprint density at radius 2 is 2.19 bits per heavy atom. The van der Waals surface area contributed by atoms with E-state index >= 15 is 0 Å². The van der Waals surface area contributed by atoms with Crippen LogP contribution < -0.4 is 10.6 Å². The van der Waals surface area contributed by atoms with Gasteiger partial charge >= 0.3 is 0 Å². The lowest BCUT2D eigenvalue weighted by Gasteiger charge is -2.27. The quantitative estimate of drug-likeness (QED) is 0.454. The van der Waals surface area contributed by atoms with E-state index in [2.05, 4.69) is 17.2 Å². The number of hydrogen-bond donors (Lipinski definition) is 3. The van der Waals surface area contributed by atoms with Crippen molar-refractivity contribution in [2.45, 2.75) is 31.8 Å². The van der Waals surface area contributed by atoms with E-state index in [4.69, 9.17) is 0 Å². The molecule has 0 aliphatic heterocycles. The molecule has 0 radical (unpaired) electrons. The second-order valence-electron chi connectivity index (χ2n) is 4.34. The topological polar surface area (TPSA) is 61.4 Å². The van der Waals surface area contributed by atoms with Gasteiger partial charge in [0.25, 0.3) is 0 Å². The lowest BCUT2D eigenvalue weighted by atomic mass is 9.86. The first-order valence-corrected chi connectivity index (χ1v) is 6.00. The summed E-state index contributed by atoms with van der Waals surface area (Å²) in [6, 6.07) is 0. The van der Waals surface area contributed by atoms with Crippen LogP contribution in [-0.2, 0) is 4.79 Å². The molecule has 0 aromatic heterocycles. The van der Waals surface area contributed by atoms with Crippen LogP contribution in [-0.4, -0.2) is 36.8 Å². The van der Waals surface area contributed by atoms with Crippen molar-refractivity contribution >= 4 is 5.91 Å². The molecule has 1 aliphatic rings. The summed E-state index contributed by atoms with van der Waals surface area (Å²) in [7, 11) is 0. The van der Waals surface area contributed by atoms with Crippen LogP contribution in [0.3, 0.4) is 0 Å². The zero-order valence-corrected chi connectivity index (χ0v) is 9.74. The maximum absolute atomic E-state index is 11.4. The molecular formula is C12H22N2O2. The second kappa shape index (κ2) is 7.41. The second-order valence-corrected chi connectivity index (χ2v) is 4.34. The predicted octanol–water partition coefficient (Wildman–Crippen LogP) is 0.429. The molecule has 2 atom stereocenters. The predicted molar refractivity (Wildman–Crippen MR) is 64.0 cm³/mol. The SMILES string of the molecule is C=CCNCC(=O)NCC1CCCCC1O. The number of nitrogens with one attached hydrogen (secondary N) is 2. The van der Waals surface area contributed by atoms with Crippen LogP contribution in [0.15, 0.2) is 12.7 Å². The molecule has 0 aromatic rings. The van der Waals surface area contributed by atoms with E-state index in [0.717, 1.165) is 25.7 Å². The largest absolute Gasteiger partial charge is 0.393 e. The molecule has 4 heteroatoms. The fourth-order valence-corrected chi connectivity index (χ4v) is 2.02. The Bertz CT molecular complexity index is 231. The van der Waals surface area contributed by atoms with Crippen molar-refractivity contribution in [3.8, 4) is 0 Å². The molecule has 0 saturated heterocycles. The molecule has 4 nitrogen and oxygen atoms in total. The normalized spacial score (nSPS) is 25.1. The molecule has 0 bridgehead atoms. The Balaban J connectivity index is 2.12. The molecule has 2 unspecified atom stereocenters. The molecule has 92 valence electrons. The number of aliphatic hydroxyl groups excluding tert-OH is 1. The van der Waals surface area contributed by atoms with Gasteiger partial charge in [-0.1, -0.05) is 18.9 Å². The molecule has 1 rings (SSSR count). The summed E-state index contributed by atoms with van der Waals surface area (Å²) >= 11 is 0. The summed E-state index contributed by atoms with van der Waals surface area (Å²) < 4.78 is 0. The third-order valence-corrected chi connectivity index (χ3v) is 3.00. The summed E-state index contributed by atoms with van der Waals surface area (Å²) in [6.45, 7) is 5.11. The summed E-state index contributed by atoms with van der Waals surface area (Å²) in [5.41, 5.74) is 0. The average molecular weight is 226 g/mol. The van der Waals surface area contributed by atoms with E-state index < -0.39 is 0 Å². The zero-order chi connectivity index (χ0) is 11.8. The molecule has 1 amide bonds. The van der Waals surface area contributed by atoms with Gasteiger partial charge in [-0.25, -0.2) is 0 Å². The first-order chi connectivity index (χ1) is 7.74. The fourth-order valence-electron chi connectivity index (χ4n) is 2.02. The van der Waals surface area contributed by atoms with Gasteiger partial charge in [0.1, 0.15) is 0 Å². The van der Waals surface area contributed by atoms with Crippen molar-refractivity contribution in [2.24, 2.45) is 5.92 Å². The number of amides is 1. The molecule has 3 N–H and O–H groups in total. The maximum Gasteiger partial charge on any atom is 0.233 e. The number of rotatable bonds is 6. The molecule has 1 fully saturated rings. The van der Waals surface area contributed by atoms with Crippen LogP contribution in [0.4, 0.5) is 0 Å². The standard InChI is InChI=1S/C12H22N2O2/c1-2-7-13-9-12(16)14-8-10-5-3-4-6-11(10)15/h2,10-11,13,15H,1,3-9H2,(H,14,16). The Labute approximate surface area is 97.1 Å². The smallest absolute Gasteiger partial charge is 0.233 e. The zero-order valence-electron chi connectivity index (χ0n) is 9.74. The molecule has 1 saturated carbocycles. The van der Waals surface area contributed by atoms with Gasteiger partial charge in [-0.2, -0.15) is 0 Å². The Hall–Kier alpha value is -0.870. The van der Waals surface area contributed by atoms with Gasteiger partial charge in [-0.05, 0) is 12.8 Å². The van der Waals surface area contributed by atoms with Crippen molar-refractivity contribution in [3.63, 3.8) is 0 Å². The molecule has 16 heavy (non-hydrogen) atoms. The molecule has 0 aromatic carbocycles. The van der Waals surface area contributed by atoms with Gasteiger partial charge in [0, 0.05) is 19.0 Å². The van der Waals surface area contributed by atoms with Crippen LogP contribution >= 0.6 is 0 Å². The van der Waals surface area contributed by atoms with Crippen molar-refractivity contribution < 1.29 is 9.90 Å². The number of aliphatic hydroxyl groups is 1. The van der Waals surface area contributed by atoms with Crippen molar-refractivity contribution in [3.05, 3.63) is 12.7 Å². The first-order valence-electron chi connectivity index (χ1n) is 6.00. The van der Waals surface area contributed by atoms with Gasteiger partial charge in [0.15, 0.2) is 0 Å². The minimum Gasteiger partial charge on any atom is -0.393 e. The van der Waals surface area contributed by atoms with Gasteiger partial charge in [-0.3, -0.25) is 4.79 Å². The lowest BCUT2D eigenvalue weighted by molar-refractivity contribution is -0.120. The maximum atomic E-state index is 11.4. The highest BCUT2D eigenvalue weighted by Gasteiger charge is 2.22. The van der Waals surface area contributed by atoms with E-state index in [0.29, 0.717) is 19.6 Å². The third kappa shape index (κ3) is 4.77. The van der Waals surface area contributed by atoms with Crippen molar-refractivity contribution in [1.82, 2.24) is 10.6 Å². The Kier molecular flexibility index (Phi) is 6.11. The Morgan fingerprint density at radius 3 is 2.88 bits per heavy atom. The van der Waals surface area contributed by atoms with Gasteiger partial charge in [0.2, 0.25) is 5.91 Å². The average Bonchev–Trinajstić information content (AvgIpc) is 2.28. The Morgan fingerprint density at radius 1 is 1.44 bits per heavy atom. The highest BCUT2D eigenvalue weighted by Crippen LogP contribution is 2.23. The third-order valence-electron chi connectivity index (χ3n) is 3.00. The van der Waals surface area contributed by atoms with Crippen LogP contribution in [0, 0.1) is 5.92 Å². The minimum absolute atomic E-state index is 0.0142. The van der Waals surface area contributed by atoms with Crippen molar-refractivity contribution in [2.75, 3.05) is 19.6 Å². The van der Waals surface area contributed by atoms with E-state index in [9.17, 15) is 9.90 Å². The summed E-state index contributed by atoms with van der Waals surface area (Å²) in [4.78, 5) is 11.4. The van der Waals surface area contributed by atoms with Crippen molar-refractivity contribution in [1.29, 1.82) is 0 Å². The van der Waals surface area contributed by atoms with Crippen LogP contribution in [0.1, 0.15) is 25.7 Å². The van der Waals surface area contributed by atoms with Crippen LogP contribution in [0.2, 0.25) is 0 Å². The van der Waals surface area contributed by atoms with E-state index in [1.165, 1.54) is 0 Å². The van der Waals surface area contributed by atoms with Gasteiger partial charge in [-0.15, -0.1) is 6.58 Å². The molecule has 1 aliphatic carbocycles. The molecular weight excluding hydrogens is 204 g/mol. The molecule has 0 spiro atoms. The van der Waals surface area contributed by atoms with Crippen LogP contribution in [0.5, 0.6) is 0 Å².